The minimum absolute atomic E-state index is 0.143. The van der Waals surface area contributed by atoms with Gasteiger partial charge in [-0.25, -0.2) is 19.4 Å². The van der Waals surface area contributed by atoms with Crippen LogP contribution in [0, 0.1) is 11.2 Å². The van der Waals surface area contributed by atoms with E-state index in [2.05, 4.69) is 20.3 Å². The maximum absolute atomic E-state index is 13.4. The molecule has 1 aromatic carbocycles. The quantitative estimate of drug-likeness (QED) is 0.269. The minimum atomic E-state index is -0.601. The third kappa shape index (κ3) is 4.44. The minimum Gasteiger partial charge on any atom is -0.377 e. The van der Waals surface area contributed by atoms with E-state index in [1.165, 1.54) is 24.8 Å². The predicted molar refractivity (Wildman–Crippen MR) is 112 cm³/mol. The summed E-state index contributed by atoms with van der Waals surface area (Å²) in [7, 11) is 0. The fourth-order valence-corrected chi connectivity index (χ4v) is 3.59. The largest absolute Gasteiger partial charge is 0.377 e. The number of benzene rings is 1. The fraction of sp³-hybridized carbons (Fsp3) is 0.350. The Bertz CT molecular complexity index is 1050. The number of nitrogens with zero attached hydrogens (tertiary/aromatic N) is 3. The third-order valence-electron chi connectivity index (χ3n) is 4.99. The van der Waals surface area contributed by atoms with Gasteiger partial charge >= 0.3 is 0 Å². The third-order valence-corrected chi connectivity index (χ3v) is 5.28. The molecule has 0 bridgehead atoms. The van der Waals surface area contributed by atoms with Gasteiger partial charge in [-0.1, -0.05) is 11.6 Å². The van der Waals surface area contributed by atoms with Crippen molar-refractivity contribution in [3.05, 3.63) is 52.7 Å². The summed E-state index contributed by atoms with van der Waals surface area (Å²) < 4.78 is 19.1. The number of hydrogen-bond donors (Lipinski definition) is 4. The number of nitrogens with one attached hydrogen (secondary N) is 3. The molecule has 1 saturated heterocycles. The molecule has 0 saturated carbocycles. The van der Waals surface area contributed by atoms with Crippen LogP contribution in [-0.2, 0) is 11.3 Å². The number of amidine groups is 1. The van der Waals surface area contributed by atoms with E-state index in [0.29, 0.717) is 34.2 Å². The summed E-state index contributed by atoms with van der Waals surface area (Å²) in [4.78, 5) is 11.9. The van der Waals surface area contributed by atoms with E-state index in [1.807, 2.05) is 0 Å². The number of imidazole rings is 1. The monoisotopic (exact) mass is 432 g/mol. The van der Waals surface area contributed by atoms with Crippen molar-refractivity contribution in [3.63, 3.8) is 0 Å². The Morgan fingerprint density at radius 3 is 3.03 bits per heavy atom. The van der Waals surface area contributed by atoms with Gasteiger partial charge in [-0.3, -0.25) is 10.6 Å². The van der Waals surface area contributed by atoms with Crippen molar-refractivity contribution in [2.45, 2.75) is 31.9 Å². The van der Waals surface area contributed by atoms with Crippen molar-refractivity contribution in [2.75, 3.05) is 18.2 Å². The Labute approximate surface area is 177 Å². The van der Waals surface area contributed by atoms with Crippen LogP contribution in [0.4, 0.5) is 10.1 Å². The lowest BCUT2D eigenvalue weighted by Gasteiger charge is -2.22. The van der Waals surface area contributed by atoms with Crippen LogP contribution in [0.5, 0.6) is 0 Å². The van der Waals surface area contributed by atoms with E-state index in [9.17, 15) is 9.60 Å². The summed E-state index contributed by atoms with van der Waals surface area (Å²) in [6.45, 7) is 2.05. The lowest BCUT2D eigenvalue weighted by Crippen LogP contribution is -2.31. The molecule has 158 valence electrons. The summed E-state index contributed by atoms with van der Waals surface area (Å²) in [6.07, 6.45) is 5.09. The van der Waals surface area contributed by atoms with Crippen LogP contribution < -0.4 is 10.4 Å². The first-order valence-electron chi connectivity index (χ1n) is 9.72. The normalized spacial score (nSPS) is 16.7. The van der Waals surface area contributed by atoms with E-state index in [-0.39, 0.29) is 22.6 Å². The van der Waals surface area contributed by atoms with Gasteiger partial charge in [-0.2, -0.15) is 0 Å². The van der Waals surface area contributed by atoms with Gasteiger partial charge in [0.1, 0.15) is 11.6 Å². The second-order valence-electron chi connectivity index (χ2n) is 7.12. The zero-order chi connectivity index (χ0) is 21.1. The Morgan fingerprint density at radius 1 is 1.40 bits per heavy atom. The van der Waals surface area contributed by atoms with Gasteiger partial charge in [-0.15, -0.1) is 0 Å². The Kier molecular flexibility index (Phi) is 6.24. The van der Waals surface area contributed by atoms with Crippen LogP contribution in [0.2, 0.25) is 5.02 Å². The molecule has 3 heterocycles. The second-order valence-corrected chi connectivity index (χ2v) is 7.53. The SMILES string of the molecule is N=C(c1ccnc2nc(CNCC3CCCCO3)[nH]c12)N(O)c1ccc(F)c(Cl)c1. The molecule has 0 radical (unpaired) electrons. The van der Waals surface area contributed by atoms with Crippen molar-refractivity contribution in [1.29, 1.82) is 5.41 Å². The Morgan fingerprint density at radius 2 is 2.27 bits per heavy atom. The van der Waals surface area contributed by atoms with Crippen molar-refractivity contribution in [3.8, 4) is 0 Å². The molecule has 30 heavy (non-hydrogen) atoms. The molecule has 0 spiro atoms. The van der Waals surface area contributed by atoms with Crippen molar-refractivity contribution < 1.29 is 14.3 Å². The van der Waals surface area contributed by atoms with Crippen molar-refractivity contribution in [2.24, 2.45) is 0 Å². The van der Waals surface area contributed by atoms with Crippen molar-refractivity contribution >= 4 is 34.3 Å². The smallest absolute Gasteiger partial charge is 0.178 e. The standard InChI is InChI=1S/C20H22ClFN6O2/c21-15-9-12(4-5-16(15)22)28(29)19(23)14-6-7-25-20-18(14)26-17(27-20)11-24-10-13-3-1-2-8-30-13/h4-7,9,13,23-24,29H,1-3,8,10-11H2,(H,25,26,27). The van der Waals surface area contributed by atoms with E-state index in [0.717, 1.165) is 32.1 Å². The Hall–Kier alpha value is -2.59. The molecule has 10 heteroatoms. The second kappa shape index (κ2) is 9.05. The number of aromatic amines is 1. The highest BCUT2D eigenvalue weighted by Gasteiger charge is 2.19. The molecule has 1 aliphatic heterocycles. The molecular formula is C20H22ClFN6O2. The number of ether oxygens (including phenoxy) is 1. The molecule has 2 aromatic heterocycles. The van der Waals surface area contributed by atoms with E-state index >= 15 is 0 Å². The summed E-state index contributed by atoms with van der Waals surface area (Å²) in [5, 5.41) is 22.7. The van der Waals surface area contributed by atoms with Crippen molar-refractivity contribution in [1.82, 2.24) is 20.3 Å². The summed E-state index contributed by atoms with van der Waals surface area (Å²) >= 11 is 5.79. The first-order valence-corrected chi connectivity index (χ1v) is 10.1. The number of halogens is 2. The van der Waals surface area contributed by atoms with E-state index in [1.54, 1.807) is 6.07 Å². The molecule has 4 rings (SSSR count). The van der Waals surface area contributed by atoms with Crippen LogP contribution in [0.25, 0.3) is 11.2 Å². The number of H-pyrrole nitrogens is 1. The molecule has 3 aromatic rings. The molecule has 0 amide bonds. The maximum Gasteiger partial charge on any atom is 0.178 e. The Balaban J connectivity index is 1.49. The molecule has 4 N–H and O–H groups in total. The molecule has 1 aliphatic rings. The van der Waals surface area contributed by atoms with Gasteiger partial charge in [0.05, 0.1) is 28.9 Å². The predicted octanol–water partition coefficient (Wildman–Crippen LogP) is 3.63. The van der Waals surface area contributed by atoms with Crippen LogP contribution in [-0.4, -0.2) is 45.3 Å². The fourth-order valence-electron chi connectivity index (χ4n) is 3.42. The van der Waals surface area contributed by atoms with Gasteiger partial charge in [-0.05, 0) is 43.5 Å². The van der Waals surface area contributed by atoms with Gasteiger partial charge in [0, 0.05) is 24.9 Å². The average Bonchev–Trinajstić information content (AvgIpc) is 3.18. The van der Waals surface area contributed by atoms with Crippen LogP contribution in [0.15, 0.2) is 30.5 Å². The average molecular weight is 433 g/mol. The molecule has 1 fully saturated rings. The molecule has 1 unspecified atom stereocenters. The van der Waals surface area contributed by atoms with E-state index < -0.39 is 5.82 Å². The molecule has 0 aliphatic carbocycles. The highest BCUT2D eigenvalue weighted by molar-refractivity contribution is 6.31. The summed E-state index contributed by atoms with van der Waals surface area (Å²) in [5.41, 5.74) is 1.54. The van der Waals surface area contributed by atoms with Crippen LogP contribution in [0.3, 0.4) is 0 Å². The zero-order valence-corrected chi connectivity index (χ0v) is 16.9. The van der Waals surface area contributed by atoms with Crippen LogP contribution in [0.1, 0.15) is 30.7 Å². The summed E-state index contributed by atoms with van der Waals surface area (Å²) in [5.74, 6) is -0.150. The van der Waals surface area contributed by atoms with Gasteiger partial charge < -0.3 is 15.0 Å². The first-order chi connectivity index (χ1) is 14.5. The number of aromatic nitrogens is 3. The molecule has 8 nitrogen and oxygen atoms in total. The maximum atomic E-state index is 13.4. The van der Waals surface area contributed by atoms with Gasteiger partial charge in [0.25, 0.3) is 0 Å². The number of fused-ring (bicyclic) bond motifs is 1. The van der Waals surface area contributed by atoms with Gasteiger partial charge in [0.15, 0.2) is 11.5 Å². The number of anilines is 1. The first kappa shape index (κ1) is 20.7. The number of hydroxylamine groups is 1. The molecular weight excluding hydrogens is 411 g/mol. The topological polar surface area (TPSA) is 110 Å². The number of hydrogen-bond acceptors (Lipinski definition) is 6. The number of pyridine rings is 1. The lowest BCUT2D eigenvalue weighted by atomic mass is 10.1. The van der Waals surface area contributed by atoms with Crippen LogP contribution >= 0.6 is 11.6 Å². The van der Waals surface area contributed by atoms with Gasteiger partial charge in [0.2, 0.25) is 0 Å². The highest BCUT2D eigenvalue weighted by Crippen LogP contribution is 2.24. The zero-order valence-electron chi connectivity index (χ0n) is 16.2. The summed E-state index contributed by atoms with van der Waals surface area (Å²) in [6, 6.07) is 5.32. The highest BCUT2D eigenvalue weighted by atomic mass is 35.5. The number of rotatable bonds is 6. The lowest BCUT2D eigenvalue weighted by molar-refractivity contribution is 0.0167. The van der Waals surface area contributed by atoms with E-state index in [4.69, 9.17) is 21.7 Å². The molecule has 1 atom stereocenters.